The molecule has 0 spiro atoms. The smallest absolute Gasteiger partial charge is 0.427 e. The van der Waals surface area contributed by atoms with E-state index in [0.717, 1.165) is 4.31 Å². The molecule has 0 bridgehead atoms. The molecule has 2 saturated heterocycles. The fraction of sp³-hybridized carbons (Fsp3) is 1.00. The quantitative estimate of drug-likeness (QED) is 0.295. The number of hydrogen-bond acceptors (Lipinski definition) is 7. The number of nitrogens with two attached hydrogens (primary N) is 1. The molecule has 0 aromatic rings. The third-order valence-corrected chi connectivity index (χ3v) is 7.33. The molecule has 0 amide bonds. The summed E-state index contributed by atoms with van der Waals surface area (Å²) in [7, 11) is -4.45. The van der Waals surface area contributed by atoms with Gasteiger partial charge in [-0.25, -0.2) is 0 Å². The van der Waals surface area contributed by atoms with E-state index in [1.807, 2.05) is 0 Å². The van der Waals surface area contributed by atoms with Crippen molar-refractivity contribution in [2.45, 2.75) is 30.9 Å². The SMILES string of the molecule is COC[C@]1(N)CN(S(=O)(=O)N(CC2CNC2)CC(F)(F)F)C[C@@H]1CCCB(O)O. The molecular formula is C15H30BF3N4O5S. The van der Waals surface area contributed by atoms with Crippen molar-refractivity contribution in [3.05, 3.63) is 0 Å². The van der Waals surface area contributed by atoms with E-state index < -0.39 is 35.6 Å². The van der Waals surface area contributed by atoms with Crippen molar-refractivity contribution >= 4 is 17.3 Å². The summed E-state index contributed by atoms with van der Waals surface area (Å²) in [5.74, 6) is -0.549. The molecule has 0 saturated carbocycles. The monoisotopic (exact) mass is 446 g/mol. The second kappa shape index (κ2) is 9.77. The number of nitrogens with one attached hydrogen (secondary N) is 1. The molecule has 0 aromatic heterocycles. The highest BCUT2D eigenvalue weighted by atomic mass is 32.2. The Balaban J connectivity index is 2.17. The van der Waals surface area contributed by atoms with E-state index in [1.54, 1.807) is 0 Å². The van der Waals surface area contributed by atoms with Gasteiger partial charge in [0, 0.05) is 39.8 Å². The van der Waals surface area contributed by atoms with Gasteiger partial charge in [-0.2, -0.15) is 30.2 Å². The highest BCUT2D eigenvalue weighted by molar-refractivity contribution is 7.86. The average molecular weight is 446 g/mol. The highest BCUT2D eigenvalue weighted by Gasteiger charge is 2.50. The van der Waals surface area contributed by atoms with Crippen molar-refractivity contribution in [3.8, 4) is 0 Å². The Hall–Kier alpha value is -0.475. The van der Waals surface area contributed by atoms with Crippen LogP contribution < -0.4 is 11.1 Å². The van der Waals surface area contributed by atoms with Gasteiger partial charge in [0.25, 0.3) is 10.2 Å². The van der Waals surface area contributed by atoms with Crippen LogP contribution in [0.1, 0.15) is 12.8 Å². The summed E-state index contributed by atoms with van der Waals surface area (Å²) in [5, 5.41) is 20.9. The molecule has 0 aliphatic carbocycles. The fourth-order valence-corrected chi connectivity index (χ4v) is 5.66. The topological polar surface area (TPSA) is 128 Å². The number of halogens is 3. The van der Waals surface area contributed by atoms with E-state index in [9.17, 15) is 21.6 Å². The van der Waals surface area contributed by atoms with Crippen LogP contribution in [0.3, 0.4) is 0 Å². The van der Waals surface area contributed by atoms with Gasteiger partial charge < -0.3 is 25.8 Å². The van der Waals surface area contributed by atoms with Gasteiger partial charge in [0.2, 0.25) is 0 Å². The average Bonchev–Trinajstić information content (AvgIpc) is 2.86. The summed E-state index contributed by atoms with van der Waals surface area (Å²) < 4.78 is 71.9. The van der Waals surface area contributed by atoms with Crippen molar-refractivity contribution in [2.24, 2.45) is 17.6 Å². The van der Waals surface area contributed by atoms with Gasteiger partial charge in [-0.15, -0.1) is 0 Å². The first-order valence-corrected chi connectivity index (χ1v) is 10.9. The van der Waals surface area contributed by atoms with Gasteiger partial charge in [0.1, 0.15) is 6.54 Å². The number of alkyl halides is 3. The standard InChI is InChI=1S/C15H30BF3N4O5S/c1-28-11-14(20)9-23(8-13(14)3-2-4-16(24)25)29(26,27)22(10-15(17,18)19)7-12-5-21-6-12/h12-13,21,24-25H,2-11,20H2,1H3/t13-,14+/m0/s1. The van der Waals surface area contributed by atoms with Crippen LogP contribution in [0.5, 0.6) is 0 Å². The number of rotatable bonds is 11. The van der Waals surface area contributed by atoms with E-state index in [-0.39, 0.29) is 44.4 Å². The third kappa shape index (κ3) is 6.75. The molecule has 0 unspecified atom stereocenters. The van der Waals surface area contributed by atoms with Crippen LogP contribution in [0, 0.1) is 11.8 Å². The maximum atomic E-state index is 13.1. The summed E-state index contributed by atoms with van der Waals surface area (Å²) in [6, 6.07) is 0. The minimum Gasteiger partial charge on any atom is -0.427 e. The lowest BCUT2D eigenvalue weighted by Crippen LogP contribution is -2.55. The van der Waals surface area contributed by atoms with E-state index in [2.05, 4.69) is 5.32 Å². The molecule has 2 fully saturated rings. The zero-order valence-corrected chi connectivity index (χ0v) is 17.3. The summed E-state index contributed by atoms with van der Waals surface area (Å²) in [6.45, 7) is -0.980. The van der Waals surface area contributed by atoms with Gasteiger partial charge in [-0.1, -0.05) is 6.42 Å². The van der Waals surface area contributed by atoms with Crippen molar-refractivity contribution in [1.82, 2.24) is 13.9 Å². The maximum absolute atomic E-state index is 13.1. The second-order valence-corrected chi connectivity index (χ2v) is 9.94. The normalized spacial score (nSPS) is 26.8. The van der Waals surface area contributed by atoms with Crippen LogP contribution in [0.2, 0.25) is 6.32 Å². The van der Waals surface area contributed by atoms with E-state index in [4.69, 9.17) is 20.5 Å². The minimum absolute atomic E-state index is 0.0389. The summed E-state index contributed by atoms with van der Waals surface area (Å²) in [5.41, 5.74) is 5.31. The zero-order chi connectivity index (χ0) is 21.9. The summed E-state index contributed by atoms with van der Waals surface area (Å²) in [6.07, 6.45) is -3.78. The molecule has 0 radical (unpaired) electrons. The van der Waals surface area contributed by atoms with Gasteiger partial charge in [0.05, 0.1) is 12.1 Å². The van der Waals surface area contributed by atoms with Crippen LogP contribution in [0.4, 0.5) is 13.2 Å². The number of ether oxygens (including phenoxy) is 1. The van der Waals surface area contributed by atoms with Crippen LogP contribution in [-0.2, 0) is 14.9 Å². The Morgan fingerprint density at radius 2 is 2.03 bits per heavy atom. The second-order valence-electron chi connectivity index (χ2n) is 8.01. The lowest BCUT2D eigenvalue weighted by molar-refractivity contribution is -0.137. The van der Waals surface area contributed by atoms with Crippen LogP contribution >= 0.6 is 0 Å². The zero-order valence-electron chi connectivity index (χ0n) is 16.4. The van der Waals surface area contributed by atoms with Crippen LogP contribution in [-0.4, -0.2) is 98.9 Å². The molecule has 2 aliphatic rings. The van der Waals surface area contributed by atoms with E-state index in [1.165, 1.54) is 7.11 Å². The summed E-state index contributed by atoms with van der Waals surface area (Å²) >= 11 is 0. The Labute approximate surface area is 169 Å². The first-order valence-electron chi connectivity index (χ1n) is 9.54. The maximum Gasteiger partial charge on any atom is 0.451 e. The molecule has 2 atom stereocenters. The minimum atomic E-state index is -4.66. The molecule has 2 aliphatic heterocycles. The molecule has 2 heterocycles. The Bertz CT molecular complexity index is 638. The van der Waals surface area contributed by atoms with Crippen molar-refractivity contribution in [1.29, 1.82) is 0 Å². The van der Waals surface area contributed by atoms with Gasteiger partial charge in [-0.05, 0) is 24.6 Å². The first kappa shape index (κ1) is 24.8. The van der Waals surface area contributed by atoms with Crippen LogP contribution in [0.15, 0.2) is 0 Å². The molecule has 29 heavy (non-hydrogen) atoms. The van der Waals surface area contributed by atoms with E-state index >= 15 is 0 Å². The Morgan fingerprint density at radius 3 is 2.52 bits per heavy atom. The molecule has 2 rings (SSSR count). The van der Waals surface area contributed by atoms with Crippen LogP contribution in [0.25, 0.3) is 0 Å². The molecule has 9 nitrogen and oxygen atoms in total. The van der Waals surface area contributed by atoms with Gasteiger partial charge in [-0.3, -0.25) is 0 Å². The first-order chi connectivity index (χ1) is 13.4. The predicted molar refractivity (Wildman–Crippen MR) is 101 cm³/mol. The molecule has 5 N–H and O–H groups in total. The lowest BCUT2D eigenvalue weighted by Gasteiger charge is -2.35. The van der Waals surface area contributed by atoms with E-state index in [0.29, 0.717) is 30.2 Å². The number of hydrogen-bond donors (Lipinski definition) is 4. The highest BCUT2D eigenvalue weighted by Crippen LogP contribution is 2.34. The van der Waals surface area contributed by atoms with Crippen molar-refractivity contribution < 1.29 is 36.4 Å². The number of nitrogens with zero attached hydrogens (tertiary/aromatic N) is 2. The molecule has 14 heteroatoms. The molecule has 0 aromatic carbocycles. The van der Waals surface area contributed by atoms with Gasteiger partial charge >= 0.3 is 13.3 Å². The number of methoxy groups -OCH3 is 1. The lowest BCUT2D eigenvalue weighted by atomic mass is 9.79. The third-order valence-electron chi connectivity index (χ3n) is 5.47. The molecular weight excluding hydrogens is 416 g/mol. The van der Waals surface area contributed by atoms with Crippen molar-refractivity contribution in [3.63, 3.8) is 0 Å². The Kier molecular flexibility index (Phi) is 8.35. The molecule has 170 valence electrons. The predicted octanol–water partition coefficient (Wildman–Crippen LogP) is -1.16. The van der Waals surface area contributed by atoms with Gasteiger partial charge in [0.15, 0.2) is 0 Å². The van der Waals surface area contributed by atoms with Crippen molar-refractivity contribution in [2.75, 3.05) is 53.0 Å². The summed E-state index contributed by atoms with van der Waals surface area (Å²) in [4.78, 5) is 0. The largest absolute Gasteiger partial charge is 0.451 e. The fourth-order valence-electron chi connectivity index (χ4n) is 3.85. The Morgan fingerprint density at radius 1 is 1.38 bits per heavy atom.